The Morgan fingerprint density at radius 3 is 2.47 bits per heavy atom. The quantitative estimate of drug-likeness (QED) is 0.778. The van der Waals surface area contributed by atoms with Crippen molar-refractivity contribution in [2.24, 2.45) is 11.8 Å². The predicted molar refractivity (Wildman–Crippen MR) is 74.0 cm³/mol. The minimum atomic E-state index is -0.849. The minimum Gasteiger partial charge on any atom is -0.481 e. The highest BCUT2D eigenvalue weighted by Gasteiger charge is 2.20. The molecule has 5 heteroatoms. The fraction of sp³-hybridized carbons (Fsp3) is 0.857. The third kappa shape index (κ3) is 5.49. The van der Waals surface area contributed by atoms with Crippen molar-refractivity contribution < 1.29 is 14.7 Å². The summed E-state index contributed by atoms with van der Waals surface area (Å²) >= 11 is 0. The Morgan fingerprint density at radius 1 is 1.32 bits per heavy atom. The van der Waals surface area contributed by atoms with Crippen molar-refractivity contribution in [3.8, 4) is 0 Å². The molecule has 1 aliphatic rings. The highest BCUT2D eigenvalue weighted by Crippen LogP contribution is 2.24. The van der Waals surface area contributed by atoms with Gasteiger partial charge in [0.1, 0.15) is 0 Å². The second-order valence-electron chi connectivity index (χ2n) is 5.51. The van der Waals surface area contributed by atoms with Crippen LogP contribution in [0.3, 0.4) is 0 Å². The van der Waals surface area contributed by atoms with E-state index in [2.05, 4.69) is 5.32 Å². The van der Waals surface area contributed by atoms with E-state index in [4.69, 9.17) is 5.11 Å². The van der Waals surface area contributed by atoms with Crippen LogP contribution in [-0.4, -0.2) is 42.1 Å². The van der Waals surface area contributed by atoms with Gasteiger partial charge in [-0.25, -0.2) is 4.79 Å². The lowest BCUT2D eigenvalue weighted by molar-refractivity contribution is -0.141. The normalized spacial score (nSPS) is 17.8. The first kappa shape index (κ1) is 15.8. The minimum absolute atomic E-state index is 0.162. The molecule has 1 aliphatic carbocycles. The first-order valence-corrected chi connectivity index (χ1v) is 7.26. The number of hydrogen-bond acceptors (Lipinski definition) is 2. The van der Waals surface area contributed by atoms with E-state index >= 15 is 0 Å². The van der Waals surface area contributed by atoms with Crippen LogP contribution in [0.4, 0.5) is 4.79 Å². The summed E-state index contributed by atoms with van der Waals surface area (Å²) in [6, 6.07) is -0.162. The Hall–Kier alpha value is -1.26. The van der Waals surface area contributed by atoms with Gasteiger partial charge in [-0.2, -0.15) is 0 Å². The van der Waals surface area contributed by atoms with Gasteiger partial charge in [0.15, 0.2) is 0 Å². The molecule has 0 aromatic heterocycles. The Kier molecular flexibility index (Phi) is 6.67. The van der Waals surface area contributed by atoms with E-state index in [0.29, 0.717) is 12.3 Å². The van der Waals surface area contributed by atoms with Crippen molar-refractivity contribution in [1.82, 2.24) is 10.2 Å². The molecule has 1 saturated carbocycles. The number of nitrogens with one attached hydrogen (secondary N) is 1. The molecule has 1 unspecified atom stereocenters. The average molecular weight is 270 g/mol. The standard InChI is InChI=1S/C14H26N2O3/c1-3-12(13(17)18)9-15-14(19)16(2)10-11-7-5-4-6-8-11/h11-12H,3-10H2,1-2H3,(H,15,19)(H,17,18). The molecule has 0 saturated heterocycles. The first-order valence-electron chi connectivity index (χ1n) is 7.26. The van der Waals surface area contributed by atoms with E-state index in [-0.39, 0.29) is 12.6 Å². The molecule has 5 nitrogen and oxygen atoms in total. The van der Waals surface area contributed by atoms with Crippen LogP contribution in [0.5, 0.6) is 0 Å². The van der Waals surface area contributed by atoms with Gasteiger partial charge in [0, 0.05) is 20.1 Å². The van der Waals surface area contributed by atoms with Crippen LogP contribution < -0.4 is 5.32 Å². The SMILES string of the molecule is CCC(CNC(=O)N(C)CC1CCCCC1)C(=O)O. The lowest BCUT2D eigenvalue weighted by Crippen LogP contribution is -2.42. The number of rotatable bonds is 6. The van der Waals surface area contributed by atoms with Crippen LogP contribution in [0.2, 0.25) is 0 Å². The van der Waals surface area contributed by atoms with Crippen LogP contribution in [0.25, 0.3) is 0 Å². The van der Waals surface area contributed by atoms with Crippen molar-refractivity contribution in [2.45, 2.75) is 45.4 Å². The van der Waals surface area contributed by atoms with Crippen molar-refractivity contribution in [1.29, 1.82) is 0 Å². The Balaban J connectivity index is 2.29. The fourth-order valence-electron chi connectivity index (χ4n) is 2.59. The first-order chi connectivity index (χ1) is 9.04. The van der Waals surface area contributed by atoms with E-state index in [1.54, 1.807) is 11.9 Å². The maximum atomic E-state index is 11.9. The number of aliphatic carboxylic acids is 1. The number of urea groups is 1. The van der Waals surface area contributed by atoms with Crippen LogP contribution in [0.15, 0.2) is 0 Å². The van der Waals surface area contributed by atoms with Crippen molar-refractivity contribution in [2.75, 3.05) is 20.1 Å². The van der Waals surface area contributed by atoms with Gasteiger partial charge in [0.25, 0.3) is 0 Å². The lowest BCUT2D eigenvalue weighted by Gasteiger charge is -2.27. The summed E-state index contributed by atoms with van der Waals surface area (Å²) in [4.78, 5) is 24.4. The van der Waals surface area contributed by atoms with Crippen molar-refractivity contribution >= 4 is 12.0 Å². The maximum Gasteiger partial charge on any atom is 0.317 e. The van der Waals surface area contributed by atoms with E-state index in [0.717, 1.165) is 6.54 Å². The molecule has 0 aromatic rings. The molecular formula is C14H26N2O3. The van der Waals surface area contributed by atoms with E-state index in [1.807, 2.05) is 6.92 Å². The highest BCUT2D eigenvalue weighted by molar-refractivity contribution is 5.75. The van der Waals surface area contributed by atoms with Gasteiger partial charge in [-0.05, 0) is 25.2 Å². The summed E-state index contributed by atoms with van der Waals surface area (Å²) in [5.74, 6) is -0.740. The van der Waals surface area contributed by atoms with Crippen LogP contribution in [-0.2, 0) is 4.79 Å². The van der Waals surface area contributed by atoms with Crippen molar-refractivity contribution in [3.63, 3.8) is 0 Å². The Bertz CT molecular complexity index is 301. The molecule has 1 fully saturated rings. The zero-order valence-electron chi connectivity index (χ0n) is 12.0. The lowest BCUT2D eigenvalue weighted by atomic mass is 9.89. The molecule has 0 aromatic carbocycles. The van der Waals surface area contributed by atoms with Gasteiger partial charge in [0.2, 0.25) is 0 Å². The number of nitrogens with zero attached hydrogens (tertiary/aromatic N) is 1. The summed E-state index contributed by atoms with van der Waals surface area (Å²) in [6.07, 6.45) is 6.76. The predicted octanol–water partition coefficient (Wildman–Crippen LogP) is 2.32. The molecule has 19 heavy (non-hydrogen) atoms. The van der Waals surface area contributed by atoms with Gasteiger partial charge in [-0.3, -0.25) is 4.79 Å². The summed E-state index contributed by atoms with van der Waals surface area (Å²) < 4.78 is 0. The molecular weight excluding hydrogens is 244 g/mol. The average Bonchev–Trinajstić information content (AvgIpc) is 2.39. The number of carbonyl (C=O) groups is 2. The van der Waals surface area contributed by atoms with Gasteiger partial charge in [-0.15, -0.1) is 0 Å². The zero-order valence-corrected chi connectivity index (χ0v) is 12.0. The van der Waals surface area contributed by atoms with Crippen molar-refractivity contribution in [3.05, 3.63) is 0 Å². The molecule has 0 spiro atoms. The molecule has 0 radical (unpaired) electrons. The largest absolute Gasteiger partial charge is 0.481 e. The smallest absolute Gasteiger partial charge is 0.317 e. The Morgan fingerprint density at radius 2 is 1.95 bits per heavy atom. The van der Waals surface area contributed by atoms with Crippen LogP contribution in [0, 0.1) is 11.8 Å². The monoisotopic (exact) mass is 270 g/mol. The number of hydrogen-bond donors (Lipinski definition) is 2. The third-order valence-corrected chi connectivity index (χ3v) is 3.95. The number of carboxylic acid groups (broad SMARTS) is 1. The van der Waals surface area contributed by atoms with E-state index < -0.39 is 11.9 Å². The summed E-state index contributed by atoms with van der Waals surface area (Å²) in [6.45, 7) is 2.80. The zero-order chi connectivity index (χ0) is 14.3. The van der Waals surface area contributed by atoms with E-state index in [9.17, 15) is 9.59 Å². The molecule has 0 heterocycles. The molecule has 2 amide bonds. The van der Waals surface area contributed by atoms with Crippen LogP contribution >= 0.6 is 0 Å². The second kappa shape index (κ2) is 8.02. The third-order valence-electron chi connectivity index (χ3n) is 3.95. The highest BCUT2D eigenvalue weighted by atomic mass is 16.4. The maximum absolute atomic E-state index is 11.9. The van der Waals surface area contributed by atoms with Gasteiger partial charge >= 0.3 is 12.0 Å². The summed E-state index contributed by atoms with van der Waals surface area (Å²) in [5.41, 5.74) is 0. The van der Waals surface area contributed by atoms with Crippen LogP contribution in [0.1, 0.15) is 45.4 Å². The second-order valence-corrected chi connectivity index (χ2v) is 5.51. The van der Waals surface area contributed by atoms with Gasteiger partial charge < -0.3 is 15.3 Å². The number of amides is 2. The number of carbonyl (C=O) groups excluding carboxylic acids is 1. The summed E-state index contributed by atoms with van der Waals surface area (Å²) in [7, 11) is 1.78. The molecule has 1 atom stereocenters. The summed E-state index contributed by atoms with van der Waals surface area (Å²) in [5, 5.41) is 11.6. The van der Waals surface area contributed by atoms with Gasteiger partial charge in [-0.1, -0.05) is 26.2 Å². The molecule has 1 rings (SSSR count). The molecule has 110 valence electrons. The van der Waals surface area contributed by atoms with Gasteiger partial charge in [0.05, 0.1) is 5.92 Å². The fourth-order valence-corrected chi connectivity index (χ4v) is 2.59. The van der Waals surface area contributed by atoms with E-state index in [1.165, 1.54) is 32.1 Å². The Labute approximate surface area is 115 Å². The topological polar surface area (TPSA) is 69.6 Å². The molecule has 0 aliphatic heterocycles. The molecule has 2 N–H and O–H groups in total. The number of carboxylic acids is 1. The molecule has 0 bridgehead atoms.